The Morgan fingerprint density at radius 3 is 3.06 bits per heavy atom. The average molecular weight is 220 g/mol. The van der Waals surface area contributed by atoms with Crippen LogP contribution in [0.4, 0.5) is 11.4 Å². The van der Waals surface area contributed by atoms with Gasteiger partial charge in [-0.3, -0.25) is 4.98 Å². The average Bonchev–Trinajstić information content (AvgIpc) is 2.27. The number of nitrogen functional groups attached to an aromatic ring is 1. The number of nitrogens with one attached hydrogen (secondary N) is 1. The van der Waals surface area contributed by atoms with E-state index in [-0.39, 0.29) is 0 Å². The number of hydrogen-bond acceptors (Lipinski definition) is 4. The minimum atomic E-state index is 0.524. The molecule has 0 spiro atoms. The van der Waals surface area contributed by atoms with E-state index in [0.29, 0.717) is 12.1 Å². The summed E-state index contributed by atoms with van der Waals surface area (Å²) in [6.07, 6.45) is 5.80. The molecule has 4 nitrogen and oxygen atoms in total. The number of anilines is 2. The third kappa shape index (κ3) is 2.44. The molecule has 2 rings (SSSR count). The highest BCUT2D eigenvalue weighted by Gasteiger charge is 2.22. The second kappa shape index (κ2) is 4.70. The molecule has 0 amide bonds. The largest absolute Gasteiger partial charge is 0.396 e. The van der Waals surface area contributed by atoms with Crippen molar-refractivity contribution in [3.8, 4) is 0 Å². The number of rotatable bonds is 2. The van der Waals surface area contributed by atoms with Crippen LogP contribution in [0.1, 0.15) is 19.8 Å². The van der Waals surface area contributed by atoms with Crippen molar-refractivity contribution in [2.45, 2.75) is 31.8 Å². The molecule has 0 aliphatic carbocycles. The minimum absolute atomic E-state index is 0.524. The second-order valence-electron chi connectivity index (χ2n) is 4.66. The molecule has 88 valence electrons. The lowest BCUT2D eigenvalue weighted by Crippen LogP contribution is -2.42. The van der Waals surface area contributed by atoms with E-state index in [9.17, 15) is 0 Å². The van der Waals surface area contributed by atoms with Gasteiger partial charge in [-0.2, -0.15) is 0 Å². The van der Waals surface area contributed by atoms with Gasteiger partial charge < -0.3 is 16.0 Å². The Bertz CT molecular complexity index is 353. The molecule has 1 fully saturated rings. The van der Waals surface area contributed by atoms with Crippen LogP contribution in [0.3, 0.4) is 0 Å². The zero-order valence-electron chi connectivity index (χ0n) is 9.98. The number of nitrogens with two attached hydrogens (primary N) is 1. The van der Waals surface area contributed by atoms with Crippen LogP contribution in [-0.4, -0.2) is 35.6 Å². The van der Waals surface area contributed by atoms with Crippen molar-refractivity contribution in [2.24, 2.45) is 0 Å². The summed E-state index contributed by atoms with van der Waals surface area (Å²) in [6, 6.07) is 3.10. The van der Waals surface area contributed by atoms with Crippen molar-refractivity contribution in [3.05, 3.63) is 18.5 Å². The topological polar surface area (TPSA) is 54.2 Å². The SMILES string of the molecule is CC1CC(Nc2ccncc2N)CCN1C. The summed E-state index contributed by atoms with van der Waals surface area (Å²) < 4.78 is 0. The predicted octanol–water partition coefficient (Wildman–Crippen LogP) is 1.56. The maximum absolute atomic E-state index is 5.86. The van der Waals surface area contributed by atoms with Crippen LogP contribution in [0.15, 0.2) is 18.5 Å². The van der Waals surface area contributed by atoms with E-state index in [0.717, 1.165) is 24.3 Å². The van der Waals surface area contributed by atoms with E-state index in [1.165, 1.54) is 6.42 Å². The Labute approximate surface area is 96.8 Å². The summed E-state index contributed by atoms with van der Waals surface area (Å²) in [5.74, 6) is 0. The fourth-order valence-electron chi connectivity index (χ4n) is 2.18. The smallest absolute Gasteiger partial charge is 0.0736 e. The van der Waals surface area contributed by atoms with E-state index >= 15 is 0 Å². The quantitative estimate of drug-likeness (QED) is 0.794. The van der Waals surface area contributed by atoms with E-state index in [2.05, 4.69) is 29.2 Å². The van der Waals surface area contributed by atoms with Gasteiger partial charge >= 0.3 is 0 Å². The summed E-state index contributed by atoms with van der Waals surface area (Å²) in [5.41, 5.74) is 7.61. The van der Waals surface area contributed by atoms with Crippen molar-refractivity contribution in [2.75, 3.05) is 24.6 Å². The summed E-state index contributed by atoms with van der Waals surface area (Å²) in [7, 11) is 2.18. The molecule has 0 saturated carbocycles. The van der Waals surface area contributed by atoms with E-state index < -0.39 is 0 Å². The van der Waals surface area contributed by atoms with Gasteiger partial charge in [0.15, 0.2) is 0 Å². The van der Waals surface area contributed by atoms with E-state index in [1.54, 1.807) is 12.4 Å². The lowest BCUT2D eigenvalue weighted by Gasteiger charge is -2.35. The van der Waals surface area contributed by atoms with Crippen LogP contribution in [0, 0.1) is 0 Å². The first-order valence-corrected chi connectivity index (χ1v) is 5.83. The van der Waals surface area contributed by atoms with Gasteiger partial charge in [0, 0.05) is 24.8 Å². The molecule has 16 heavy (non-hydrogen) atoms. The van der Waals surface area contributed by atoms with E-state index in [1.807, 2.05) is 6.07 Å². The molecular weight excluding hydrogens is 200 g/mol. The molecule has 3 N–H and O–H groups in total. The molecule has 4 heteroatoms. The monoisotopic (exact) mass is 220 g/mol. The Morgan fingerprint density at radius 1 is 1.56 bits per heavy atom. The fourth-order valence-corrected chi connectivity index (χ4v) is 2.18. The first kappa shape index (κ1) is 11.2. The molecule has 2 unspecified atom stereocenters. The standard InChI is InChI=1S/C12H20N4/c1-9-7-10(4-6-16(9)2)15-12-3-5-14-8-11(12)13/h3,5,8-10H,4,6-7,13H2,1-2H3,(H,14,15). The van der Waals surface area contributed by atoms with E-state index in [4.69, 9.17) is 5.73 Å². The van der Waals surface area contributed by atoms with Crippen LogP contribution in [0.25, 0.3) is 0 Å². The van der Waals surface area contributed by atoms with Crippen molar-refractivity contribution in [1.29, 1.82) is 0 Å². The second-order valence-corrected chi connectivity index (χ2v) is 4.66. The third-order valence-corrected chi connectivity index (χ3v) is 3.42. The van der Waals surface area contributed by atoms with Gasteiger partial charge in [-0.1, -0.05) is 0 Å². The molecule has 0 bridgehead atoms. The van der Waals surface area contributed by atoms with Crippen LogP contribution in [0.5, 0.6) is 0 Å². The maximum Gasteiger partial charge on any atom is 0.0736 e. The molecule has 1 saturated heterocycles. The molecule has 1 aromatic heterocycles. The Balaban J connectivity index is 1.98. The highest BCUT2D eigenvalue weighted by Crippen LogP contribution is 2.22. The molecule has 0 aromatic carbocycles. The van der Waals surface area contributed by atoms with Gasteiger partial charge in [0.25, 0.3) is 0 Å². The zero-order chi connectivity index (χ0) is 11.5. The summed E-state index contributed by atoms with van der Waals surface area (Å²) in [4.78, 5) is 6.39. The first-order chi connectivity index (χ1) is 7.66. The number of piperidine rings is 1. The number of likely N-dealkylation sites (tertiary alicyclic amines) is 1. The lowest BCUT2D eigenvalue weighted by atomic mass is 9.98. The first-order valence-electron chi connectivity index (χ1n) is 5.83. The lowest BCUT2D eigenvalue weighted by molar-refractivity contribution is 0.190. The van der Waals surface area contributed by atoms with Gasteiger partial charge in [-0.05, 0) is 32.9 Å². The Morgan fingerprint density at radius 2 is 2.38 bits per heavy atom. The molecular formula is C12H20N4. The van der Waals surface area contributed by atoms with Crippen molar-refractivity contribution < 1.29 is 0 Å². The van der Waals surface area contributed by atoms with Gasteiger partial charge in [0.2, 0.25) is 0 Å². The zero-order valence-corrected chi connectivity index (χ0v) is 9.98. The van der Waals surface area contributed by atoms with Crippen molar-refractivity contribution in [1.82, 2.24) is 9.88 Å². The van der Waals surface area contributed by atoms with Crippen LogP contribution >= 0.6 is 0 Å². The van der Waals surface area contributed by atoms with Gasteiger partial charge in [0.05, 0.1) is 17.6 Å². The maximum atomic E-state index is 5.86. The molecule has 0 radical (unpaired) electrons. The fraction of sp³-hybridized carbons (Fsp3) is 0.583. The summed E-state index contributed by atoms with van der Waals surface area (Å²) in [5, 5.41) is 3.51. The number of nitrogens with zero attached hydrogens (tertiary/aromatic N) is 2. The minimum Gasteiger partial charge on any atom is -0.396 e. The van der Waals surface area contributed by atoms with Crippen LogP contribution < -0.4 is 11.1 Å². The Hall–Kier alpha value is -1.29. The molecule has 2 atom stereocenters. The van der Waals surface area contributed by atoms with Gasteiger partial charge in [-0.25, -0.2) is 0 Å². The van der Waals surface area contributed by atoms with Crippen LogP contribution in [-0.2, 0) is 0 Å². The van der Waals surface area contributed by atoms with Gasteiger partial charge in [0.1, 0.15) is 0 Å². The summed E-state index contributed by atoms with van der Waals surface area (Å²) >= 11 is 0. The molecule has 1 aliphatic heterocycles. The normalized spacial score (nSPS) is 26.6. The van der Waals surface area contributed by atoms with Crippen molar-refractivity contribution in [3.63, 3.8) is 0 Å². The highest BCUT2D eigenvalue weighted by molar-refractivity contribution is 5.64. The summed E-state index contributed by atoms with van der Waals surface area (Å²) in [6.45, 7) is 3.41. The molecule has 1 aromatic rings. The van der Waals surface area contributed by atoms with Gasteiger partial charge in [-0.15, -0.1) is 0 Å². The third-order valence-electron chi connectivity index (χ3n) is 3.42. The Kier molecular flexibility index (Phi) is 3.29. The number of aromatic nitrogens is 1. The van der Waals surface area contributed by atoms with Crippen molar-refractivity contribution >= 4 is 11.4 Å². The molecule has 2 heterocycles. The number of hydrogen-bond donors (Lipinski definition) is 2. The highest BCUT2D eigenvalue weighted by atomic mass is 15.1. The number of pyridine rings is 1. The molecule has 1 aliphatic rings. The predicted molar refractivity (Wildman–Crippen MR) is 67.4 cm³/mol. The van der Waals surface area contributed by atoms with Crippen LogP contribution in [0.2, 0.25) is 0 Å².